The smallest absolute Gasteiger partial charge is 0.147 e. The molecule has 2 rings (SSSR count). The summed E-state index contributed by atoms with van der Waals surface area (Å²) in [5.41, 5.74) is 3.78. The molecule has 0 fully saturated rings. The molecule has 2 aromatic rings. The van der Waals surface area contributed by atoms with Gasteiger partial charge >= 0.3 is 0 Å². The SMILES string of the molecule is CCNC(C)c1cccc(F)c1N(C)c1ccc(C)cc1. The molecule has 0 saturated heterocycles. The van der Waals surface area contributed by atoms with Crippen LogP contribution >= 0.6 is 0 Å². The van der Waals surface area contributed by atoms with Crippen molar-refractivity contribution in [3.8, 4) is 0 Å². The van der Waals surface area contributed by atoms with Crippen molar-refractivity contribution in [3.63, 3.8) is 0 Å². The van der Waals surface area contributed by atoms with Crippen molar-refractivity contribution < 1.29 is 4.39 Å². The highest BCUT2D eigenvalue weighted by Gasteiger charge is 2.18. The Hall–Kier alpha value is -1.87. The first-order chi connectivity index (χ1) is 10.0. The monoisotopic (exact) mass is 286 g/mol. The molecule has 0 bridgehead atoms. The number of benzene rings is 2. The summed E-state index contributed by atoms with van der Waals surface area (Å²) in [7, 11) is 1.91. The summed E-state index contributed by atoms with van der Waals surface area (Å²) in [4.78, 5) is 1.91. The van der Waals surface area contributed by atoms with Gasteiger partial charge in [-0.25, -0.2) is 4.39 Å². The second-order valence-corrected chi connectivity index (χ2v) is 5.35. The summed E-state index contributed by atoms with van der Waals surface area (Å²) < 4.78 is 14.4. The summed E-state index contributed by atoms with van der Waals surface area (Å²) in [5.74, 6) is -0.194. The second-order valence-electron chi connectivity index (χ2n) is 5.35. The van der Waals surface area contributed by atoms with E-state index in [0.717, 1.165) is 17.8 Å². The zero-order chi connectivity index (χ0) is 15.4. The maximum absolute atomic E-state index is 14.4. The molecule has 0 saturated carbocycles. The molecule has 1 N–H and O–H groups in total. The van der Waals surface area contributed by atoms with Crippen molar-refractivity contribution in [1.82, 2.24) is 5.32 Å². The van der Waals surface area contributed by atoms with Crippen molar-refractivity contribution in [2.24, 2.45) is 0 Å². The predicted molar refractivity (Wildman–Crippen MR) is 87.7 cm³/mol. The van der Waals surface area contributed by atoms with Crippen molar-refractivity contribution >= 4 is 11.4 Å². The minimum atomic E-state index is -0.194. The van der Waals surface area contributed by atoms with Gasteiger partial charge in [0.15, 0.2) is 0 Å². The third-order valence-electron chi connectivity index (χ3n) is 3.75. The summed E-state index contributed by atoms with van der Waals surface area (Å²) in [6, 6.07) is 13.5. The molecule has 0 amide bonds. The van der Waals surface area contributed by atoms with Gasteiger partial charge in [0.25, 0.3) is 0 Å². The Labute approximate surface area is 126 Å². The molecule has 1 unspecified atom stereocenters. The second kappa shape index (κ2) is 6.72. The Morgan fingerprint density at radius 1 is 1.14 bits per heavy atom. The van der Waals surface area contributed by atoms with Gasteiger partial charge in [-0.3, -0.25) is 0 Å². The van der Waals surface area contributed by atoms with Crippen LogP contribution in [0.2, 0.25) is 0 Å². The van der Waals surface area contributed by atoms with Crippen molar-refractivity contribution in [2.75, 3.05) is 18.5 Å². The maximum Gasteiger partial charge on any atom is 0.147 e. The topological polar surface area (TPSA) is 15.3 Å². The predicted octanol–water partition coefficient (Wildman–Crippen LogP) is 4.57. The van der Waals surface area contributed by atoms with Crippen LogP contribution < -0.4 is 10.2 Å². The average Bonchev–Trinajstić information content (AvgIpc) is 2.47. The minimum absolute atomic E-state index is 0.105. The van der Waals surface area contributed by atoms with Gasteiger partial charge in [-0.1, -0.05) is 36.8 Å². The van der Waals surface area contributed by atoms with Crippen LogP contribution in [0.1, 0.15) is 31.0 Å². The summed E-state index contributed by atoms with van der Waals surface area (Å²) in [6.45, 7) is 7.01. The van der Waals surface area contributed by atoms with Crippen LogP contribution in [0.4, 0.5) is 15.8 Å². The van der Waals surface area contributed by atoms with E-state index in [1.807, 2.05) is 49.2 Å². The highest BCUT2D eigenvalue weighted by Crippen LogP contribution is 2.33. The molecule has 1 atom stereocenters. The van der Waals surface area contributed by atoms with Gasteiger partial charge in [-0.2, -0.15) is 0 Å². The first-order valence-corrected chi connectivity index (χ1v) is 7.36. The number of nitrogens with one attached hydrogen (secondary N) is 1. The van der Waals surface area contributed by atoms with E-state index in [1.165, 1.54) is 11.6 Å². The zero-order valence-electron chi connectivity index (χ0n) is 13.2. The molecule has 0 aliphatic heterocycles. The summed E-state index contributed by atoms with van der Waals surface area (Å²) in [6.07, 6.45) is 0. The molecule has 3 heteroatoms. The molecule has 0 spiro atoms. The molecular formula is C18H23FN2. The van der Waals surface area contributed by atoms with Crippen molar-refractivity contribution in [2.45, 2.75) is 26.8 Å². The molecule has 0 radical (unpaired) electrons. The summed E-state index contributed by atoms with van der Waals surface area (Å²) in [5, 5.41) is 3.35. The normalized spacial score (nSPS) is 12.2. The maximum atomic E-state index is 14.4. The fraction of sp³-hybridized carbons (Fsp3) is 0.333. The van der Waals surface area contributed by atoms with Crippen molar-refractivity contribution in [3.05, 3.63) is 59.4 Å². The van der Waals surface area contributed by atoms with E-state index >= 15 is 0 Å². The van der Waals surface area contributed by atoms with Gasteiger partial charge in [0.05, 0.1) is 5.69 Å². The third-order valence-corrected chi connectivity index (χ3v) is 3.75. The molecule has 0 aliphatic rings. The van der Waals surface area contributed by atoms with E-state index in [2.05, 4.69) is 19.2 Å². The van der Waals surface area contributed by atoms with Gasteiger partial charge in [-0.15, -0.1) is 0 Å². The lowest BCUT2D eigenvalue weighted by atomic mass is 10.0. The summed E-state index contributed by atoms with van der Waals surface area (Å²) >= 11 is 0. The van der Waals surface area contributed by atoms with Crippen LogP contribution in [0.25, 0.3) is 0 Å². The number of aryl methyl sites for hydroxylation is 1. The Bertz CT molecular complexity index is 593. The largest absolute Gasteiger partial charge is 0.342 e. The van der Waals surface area contributed by atoms with Crippen LogP contribution in [0.15, 0.2) is 42.5 Å². The lowest BCUT2D eigenvalue weighted by molar-refractivity contribution is 0.583. The van der Waals surface area contributed by atoms with Gasteiger partial charge in [0, 0.05) is 18.8 Å². The molecular weight excluding hydrogens is 263 g/mol. The lowest BCUT2D eigenvalue weighted by Gasteiger charge is -2.26. The highest BCUT2D eigenvalue weighted by atomic mass is 19.1. The van der Waals surface area contributed by atoms with E-state index in [-0.39, 0.29) is 11.9 Å². The molecule has 112 valence electrons. The molecule has 21 heavy (non-hydrogen) atoms. The zero-order valence-corrected chi connectivity index (χ0v) is 13.2. The van der Waals surface area contributed by atoms with Crippen LogP contribution in [-0.2, 0) is 0 Å². The minimum Gasteiger partial charge on any atom is -0.342 e. The Morgan fingerprint density at radius 2 is 1.81 bits per heavy atom. The number of nitrogens with zero attached hydrogens (tertiary/aromatic N) is 1. The van der Waals surface area contributed by atoms with E-state index in [4.69, 9.17) is 0 Å². The number of anilines is 2. The van der Waals surface area contributed by atoms with Crippen molar-refractivity contribution in [1.29, 1.82) is 0 Å². The Kier molecular flexibility index (Phi) is 4.97. The Balaban J connectivity index is 2.44. The fourth-order valence-electron chi connectivity index (χ4n) is 2.55. The molecule has 2 nitrogen and oxygen atoms in total. The van der Waals surface area contributed by atoms with E-state index in [9.17, 15) is 4.39 Å². The Morgan fingerprint density at radius 3 is 2.43 bits per heavy atom. The lowest BCUT2D eigenvalue weighted by Crippen LogP contribution is -2.22. The van der Waals surface area contributed by atoms with Gasteiger partial charge in [0.1, 0.15) is 5.82 Å². The highest BCUT2D eigenvalue weighted by molar-refractivity contribution is 5.67. The van der Waals surface area contributed by atoms with Crippen LogP contribution in [0.5, 0.6) is 0 Å². The number of hydrogen-bond acceptors (Lipinski definition) is 2. The number of rotatable bonds is 5. The number of halogens is 1. The van der Waals surface area contributed by atoms with E-state index in [0.29, 0.717) is 5.69 Å². The molecule has 0 aliphatic carbocycles. The van der Waals surface area contributed by atoms with E-state index < -0.39 is 0 Å². The first kappa shape index (κ1) is 15.5. The number of para-hydroxylation sites is 1. The van der Waals surface area contributed by atoms with Crippen LogP contribution in [0.3, 0.4) is 0 Å². The van der Waals surface area contributed by atoms with E-state index in [1.54, 1.807) is 6.07 Å². The van der Waals surface area contributed by atoms with Gasteiger partial charge < -0.3 is 10.2 Å². The van der Waals surface area contributed by atoms with Crippen LogP contribution in [0, 0.1) is 12.7 Å². The third kappa shape index (κ3) is 3.42. The molecule has 2 aromatic carbocycles. The first-order valence-electron chi connectivity index (χ1n) is 7.36. The van der Waals surface area contributed by atoms with Gasteiger partial charge in [0.2, 0.25) is 0 Å². The molecule has 0 aromatic heterocycles. The van der Waals surface area contributed by atoms with Gasteiger partial charge in [-0.05, 0) is 44.2 Å². The number of hydrogen-bond donors (Lipinski definition) is 1. The molecule has 0 heterocycles. The average molecular weight is 286 g/mol. The standard InChI is InChI=1S/C18H23FN2/c1-5-20-14(3)16-7-6-8-17(19)18(16)21(4)15-11-9-13(2)10-12-15/h6-12,14,20H,5H2,1-4H3. The van der Waals surface area contributed by atoms with Crippen LogP contribution in [-0.4, -0.2) is 13.6 Å². The fourth-order valence-corrected chi connectivity index (χ4v) is 2.55. The quantitative estimate of drug-likeness (QED) is 0.866.